The third-order valence-corrected chi connectivity index (χ3v) is 7.67. The predicted octanol–water partition coefficient (Wildman–Crippen LogP) is 5.22. The minimum absolute atomic E-state index is 0.166. The maximum Gasteiger partial charge on any atom is 0.256 e. The van der Waals surface area contributed by atoms with Gasteiger partial charge in [0.05, 0.1) is 12.1 Å². The van der Waals surface area contributed by atoms with E-state index in [0.717, 1.165) is 37.3 Å². The van der Waals surface area contributed by atoms with E-state index < -0.39 is 5.60 Å². The summed E-state index contributed by atoms with van der Waals surface area (Å²) in [5, 5.41) is 9.82. The number of anilines is 3. The Morgan fingerprint density at radius 1 is 1.10 bits per heavy atom. The van der Waals surface area contributed by atoms with Gasteiger partial charge in [0.1, 0.15) is 5.82 Å². The molecule has 5 rings (SSSR count). The van der Waals surface area contributed by atoms with Crippen molar-refractivity contribution in [2.24, 2.45) is 7.05 Å². The lowest BCUT2D eigenvalue weighted by Gasteiger charge is -2.33. The highest BCUT2D eigenvalue weighted by Gasteiger charge is 2.24. The van der Waals surface area contributed by atoms with E-state index in [2.05, 4.69) is 86.8 Å². The first-order valence-electron chi connectivity index (χ1n) is 14.3. The lowest BCUT2D eigenvalue weighted by atomic mass is 9.90. The Morgan fingerprint density at radius 2 is 1.79 bits per heavy atom. The number of nitrogens with one attached hydrogen (secondary N) is 3. The van der Waals surface area contributed by atoms with E-state index in [4.69, 9.17) is 9.53 Å². The first kappa shape index (κ1) is 30.7. The number of carbonyl (C=O) groups excluding carboxylic acids is 2. The fraction of sp³-hybridized carbons (Fsp3) is 0.364. The Bertz CT molecular complexity index is 1470. The average molecular weight is 571 g/mol. The Kier molecular flexibility index (Phi) is 10.3. The number of amides is 2. The fourth-order valence-corrected chi connectivity index (χ4v) is 5.12. The molecule has 0 atom stereocenters. The zero-order valence-electron chi connectivity index (χ0n) is 25.2. The summed E-state index contributed by atoms with van der Waals surface area (Å²) >= 11 is 0. The highest BCUT2D eigenvalue weighted by atomic mass is 16.5. The van der Waals surface area contributed by atoms with Crippen molar-refractivity contribution in [1.29, 1.82) is 0 Å². The highest BCUT2D eigenvalue weighted by molar-refractivity contribution is 6.04. The number of benzene rings is 2. The summed E-state index contributed by atoms with van der Waals surface area (Å²) in [7, 11) is 5.34. The van der Waals surface area contributed by atoms with Crippen molar-refractivity contribution in [2.75, 3.05) is 44.0 Å². The van der Waals surface area contributed by atoms with Crippen LogP contribution in [0.25, 0.3) is 10.9 Å². The van der Waals surface area contributed by atoms with Gasteiger partial charge in [0.25, 0.3) is 5.91 Å². The number of pyridine rings is 1. The average Bonchev–Trinajstić information content (AvgIpc) is 3.40. The van der Waals surface area contributed by atoms with Gasteiger partial charge in [0.15, 0.2) is 0 Å². The topological polar surface area (TPSA) is 101 Å². The summed E-state index contributed by atoms with van der Waals surface area (Å²) in [5.74, 6) is 0.904. The molecule has 2 aromatic heterocycles. The van der Waals surface area contributed by atoms with Crippen LogP contribution in [0.5, 0.6) is 0 Å². The fourth-order valence-electron chi connectivity index (χ4n) is 5.12. The maximum absolute atomic E-state index is 13.1. The van der Waals surface area contributed by atoms with E-state index >= 15 is 0 Å². The molecule has 2 aromatic carbocycles. The largest absolute Gasteiger partial charge is 0.377 e. The number of piperidine rings is 1. The third kappa shape index (κ3) is 7.74. The molecule has 0 aliphatic carbocycles. The number of aromatic nitrogens is 2. The second kappa shape index (κ2) is 14.1. The first-order valence-corrected chi connectivity index (χ1v) is 14.3. The van der Waals surface area contributed by atoms with Crippen LogP contribution in [0, 0.1) is 0 Å². The number of fused-ring (bicyclic) bond motifs is 1. The van der Waals surface area contributed by atoms with Crippen molar-refractivity contribution in [3.8, 4) is 0 Å². The number of rotatable bonds is 9. The van der Waals surface area contributed by atoms with Crippen molar-refractivity contribution in [2.45, 2.75) is 38.2 Å². The van der Waals surface area contributed by atoms with Gasteiger partial charge in [-0.1, -0.05) is 12.1 Å². The maximum atomic E-state index is 13.1. The number of hydrogen-bond donors (Lipinski definition) is 3. The molecule has 42 heavy (non-hydrogen) atoms. The molecule has 2 amide bonds. The molecular formula is C33H42N6O3. The van der Waals surface area contributed by atoms with Crippen LogP contribution in [0.4, 0.5) is 17.2 Å². The second-order valence-electron chi connectivity index (χ2n) is 11.1. The molecule has 222 valence electrons. The van der Waals surface area contributed by atoms with Gasteiger partial charge in [-0.3, -0.25) is 9.59 Å². The van der Waals surface area contributed by atoms with Crippen LogP contribution in [0.15, 0.2) is 73.1 Å². The summed E-state index contributed by atoms with van der Waals surface area (Å²) in [6.45, 7) is 6.85. The van der Waals surface area contributed by atoms with E-state index in [0.29, 0.717) is 30.3 Å². The molecule has 4 aromatic rings. The molecule has 3 heterocycles. The minimum Gasteiger partial charge on any atom is -0.377 e. The molecule has 3 N–H and O–H groups in total. The lowest BCUT2D eigenvalue weighted by Crippen LogP contribution is -2.37. The summed E-state index contributed by atoms with van der Waals surface area (Å²) < 4.78 is 7.89. The molecule has 0 radical (unpaired) electrons. The van der Waals surface area contributed by atoms with Gasteiger partial charge < -0.3 is 30.2 Å². The van der Waals surface area contributed by atoms with Crippen LogP contribution in [-0.2, 0) is 16.6 Å². The molecule has 0 bridgehead atoms. The molecule has 9 nitrogen and oxygen atoms in total. The molecule has 0 spiro atoms. The molecule has 1 aliphatic rings. The Hall–Kier alpha value is -4.21. The van der Waals surface area contributed by atoms with Gasteiger partial charge in [-0.2, -0.15) is 0 Å². The van der Waals surface area contributed by atoms with Crippen molar-refractivity contribution >= 4 is 40.4 Å². The van der Waals surface area contributed by atoms with Crippen molar-refractivity contribution in [3.63, 3.8) is 0 Å². The van der Waals surface area contributed by atoms with Gasteiger partial charge in [0, 0.05) is 67.5 Å². The van der Waals surface area contributed by atoms with E-state index in [1.54, 1.807) is 20.4 Å². The van der Waals surface area contributed by atoms with Crippen LogP contribution < -0.4 is 20.9 Å². The molecule has 9 heteroatoms. The van der Waals surface area contributed by atoms with E-state index in [1.807, 2.05) is 31.3 Å². The normalized spacial score (nSPS) is 13.6. The van der Waals surface area contributed by atoms with Crippen LogP contribution in [0.2, 0.25) is 0 Å². The van der Waals surface area contributed by atoms with Gasteiger partial charge in [0.2, 0.25) is 6.41 Å². The van der Waals surface area contributed by atoms with Crippen LogP contribution in [0.1, 0.15) is 48.5 Å². The first-order chi connectivity index (χ1) is 20.2. The monoisotopic (exact) mass is 570 g/mol. The number of methoxy groups -OCH3 is 1. The quantitative estimate of drug-likeness (QED) is 0.239. The number of ether oxygens (including phenoxy) is 1. The van der Waals surface area contributed by atoms with Gasteiger partial charge >= 0.3 is 0 Å². The van der Waals surface area contributed by atoms with Crippen LogP contribution in [0.3, 0.4) is 0 Å². The molecular weight excluding hydrogens is 528 g/mol. The summed E-state index contributed by atoms with van der Waals surface area (Å²) in [4.78, 5) is 28.8. The van der Waals surface area contributed by atoms with E-state index in [1.165, 1.54) is 16.5 Å². The summed E-state index contributed by atoms with van der Waals surface area (Å²) in [6.07, 6.45) is 6.70. The van der Waals surface area contributed by atoms with Crippen molar-refractivity contribution in [1.82, 2.24) is 20.2 Å². The predicted molar refractivity (Wildman–Crippen MR) is 170 cm³/mol. The van der Waals surface area contributed by atoms with Gasteiger partial charge in [-0.05, 0) is 93.7 Å². The Labute approximate surface area is 248 Å². The minimum atomic E-state index is -0.394. The number of hydrogen-bond acceptors (Lipinski definition) is 6. The molecule has 1 aliphatic heterocycles. The van der Waals surface area contributed by atoms with Crippen molar-refractivity contribution in [3.05, 3.63) is 84.2 Å². The number of carbonyl (C=O) groups is 2. The smallest absolute Gasteiger partial charge is 0.256 e. The summed E-state index contributed by atoms with van der Waals surface area (Å²) in [5.41, 5.74) is 4.68. The molecule has 1 fully saturated rings. The molecule has 1 saturated heterocycles. The molecule has 0 saturated carbocycles. The summed E-state index contributed by atoms with van der Waals surface area (Å²) in [6, 6.07) is 20.4. The van der Waals surface area contributed by atoms with Gasteiger partial charge in [-0.15, -0.1) is 0 Å². The Balaban J connectivity index is 0.000000952. The van der Waals surface area contributed by atoms with Crippen molar-refractivity contribution < 1.29 is 14.3 Å². The van der Waals surface area contributed by atoms with Crippen LogP contribution in [-0.4, -0.2) is 61.3 Å². The van der Waals surface area contributed by atoms with Gasteiger partial charge in [-0.25, -0.2) is 4.98 Å². The molecule has 0 unspecified atom stereocenters. The van der Waals surface area contributed by atoms with Crippen LogP contribution >= 0.6 is 0 Å². The standard InChI is InChI=1S/C31H37N5O2.C2H5NO/c1-31(2,38-4)21-36(26-9-10-28-25(19-26)14-18-35(28)3)27-13-17-33-29(20-27)34-30(37)24-7-5-22(6-8-24)23-11-15-32-16-12-23;1-3-2-4/h5-10,13-14,17-20,23,32H,11-12,15-16,21H2,1-4H3,(H,33,34,37);2H,1H3,(H,3,4). The zero-order valence-corrected chi connectivity index (χ0v) is 25.2. The van der Waals surface area contributed by atoms with E-state index in [9.17, 15) is 4.79 Å². The highest BCUT2D eigenvalue weighted by Crippen LogP contribution is 2.32. The number of nitrogens with zero attached hydrogens (tertiary/aromatic N) is 3. The second-order valence-corrected chi connectivity index (χ2v) is 11.1. The third-order valence-electron chi connectivity index (χ3n) is 7.67. The Morgan fingerprint density at radius 3 is 2.45 bits per heavy atom. The SMILES string of the molecule is CNC=O.COC(C)(C)CN(c1ccnc(NC(=O)c2ccc(C3CCNCC3)cc2)c1)c1ccc2c(ccn2C)c1. The zero-order chi connectivity index (χ0) is 30.1. The lowest BCUT2D eigenvalue weighted by molar-refractivity contribution is -0.109. The van der Waals surface area contributed by atoms with E-state index in [-0.39, 0.29) is 5.91 Å². The number of aryl methyl sites for hydroxylation is 1.